The SMILES string of the molecule is OC[C@H]1O[C@@H](O[C@@H]2[C@@H](O)[C@H](OC[C@H]3OC(O)[C@H](O)[C@@H](O)[C@@H]3O)O[C@H](CO[C@@H]3O[C@H](CO[C@@H]4O[C@H](CO[C@@H]5OC[C@@H](O)[C@H](O)[C@H]5O)[C@@H](O)[C@H](O[C@@H]5O[C@H](CO)[C@@H](O)[C@H](O)[C@H]5O)[C@H]4O)[C@@H](O)[C@H](O)[C@H]3O)[C@H]2O)[C@H](O)[C@@H](O)[C@@H]1O. The monoisotopic (exact) mass is 1120 g/mol. The van der Waals surface area contributed by atoms with Gasteiger partial charge in [0.1, 0.15) is 165 Å². The van der Waals surface area contributed by atoms with Gasteiger partial charge in [-0.05, 0) is 0 Å². The van der Waals surface area contributed by atoms with Gasteiger partial charge in [0.2, 0.25) is 0 Å². The molecule has 0 radical (unpaired) electrons. The van der Waals surface area contributed by atoms with Crippen molar-refractivity contribution in [3.8, 4) is 0 Å². The standard InChI is InChI=1S/C41H70O35/c42-1-9-16(46)23(53)29(59)40(70-9)75-33-20(50)13(6-65-36-27(57)15(45)8(44)3-64-36)73-39(32(33)62)68-5-12-19(49)25(55)28(58)37(72-12)66-7-14-21(51)34(76-41-30(60)24(54)17(47)10(2-43)71-41)31(61)38(74-14)67-4-11-18(48)22(52)26(56)35(63)69-11/h8-63H,1-7H2/t8-,9-,10-,11-,12-,13-,14-,15+,16-,17-,18-,19-,20-,21-,22+,23+,24+,25+,26-,27-,28-,29-,30-,31-,32-,33+,34+,35?,36+,37-,38-,39-,40+,41+/m1/s1. The van der Waals surface area contributed by atoms with E-state index in [9.17, 15) is 112 Å². The first-order valence-corrected chi connectivity index (χ1v) is 24.0. The molecule has 7 rings (SSSR count). The van der Waals surface area contributed by atoms with Gasteiger partial charge in [-0.25, -0.2) is 0 Å². The third-order valence-corrected chi connectivity index (χ3v) is 14.1. The highest BCUT2D eigenvalue weighted by Gasteiger charge is 2.55. The van der Waals surface area contributed by atoms with Gasteiger partial charge in [0.05, 0.1) is 46.2 Å². The summed E-state index contributed by atoms with van der Waals surface area (Å²) in [5.41, 5.74) is 0. The molecule has 7 saturated heterocycles. The summed E-state index contributed by atoms with van der Waals surface area (Å²) >= 11 is 0. The Bertz CT molecular complexity index is 1760. The van der Waals surface area contributed by atoms with Gasteiger partial charge >= 0.3 is 0 Å². The Morgan fingerprint density at radius 1 is 0.276 bits per heavy atom. The van der Waals surface area contributed by atoms with Crippen LogP contribution < -0.4 is 0 Å². The molecule has 0 aromatic carbocycles. The lowest BCUT2D eigenvalue weighted by molar-refractivity contribution is -0.374. The molecule has 76 heavy (non-hydrogen) atoms. The Morgan fingerprint density at radius 2 is 0.579 bits per heavy atom. The Kier molecular flexibility index (Phi) is 21.8. The van der Waals surface area contributed by atoms with E-state index in [1.165, 1.54) is 0 Å². The van der Waals surface area contributed by atoms with E-state index in [1.807, 2.05) is 0 Å². The van der Waals surface area contributed by atoms with Crippen LogP contribution in [0.4, 0.5) is 0 Å². The second-order valence-corrected chi connectivity index (χ2v) is 19.3. The van der Waals surface area contributed by atoms with Crippen molar-refractivity contribution in [2.24, 2.45) is 0 Å². The van der Waals surface area contributed by atoms with Crippen LogP contribution in [-0.4, -0.2) is 367 Å². The fourth-order valence-corrected chi connectivity index (χ4v) is 9.29. The summed E-state index contributed by atoms with van der Waals surface area (Å²) in [5.74, 6) is 0. The van der Waals surface area contributed by atoms with Crippen molar-refractivity contribution in [3.63, 3.8) is 0 Å². The molecule has 0 saturated carbocycles. The molecule has 0 aromatic rings. The minimum absolute atomic E-state index is 0.500. The molecule has 22 N–H and O–H groups in total. The van der Waals surface area contributed by atoms with Crippen LogP contribution in [0.5, 0.6) is 0 Å². The molecule has 7 fully saturated rings. The molecule has 35 heteroatoms. The first-order valence-electron chi connectivity index (χ1n) is 24.0. The second kappa shape index (κ2) is 26.7. The van der Waals surface area contributed by atoms with Gasteiger partial charge in [-0.15, -0.1) is 0 Å². The van der Waals surface area contributed by atoms with E-state index in [-0.39, 0.29) is 0 Å². The molecule has 0 aromatic heterocycles. The molecule has 0 bridgehead atoms. The quantitative estimate of drug-likeness (QED) is 0.0606. The van der Waals surface area contributed by atoms with Crippen molar-refractivity contribution in [2.45, 2.75) is 209 Å². The zero-order valence-corrected chi connectivity index (χ0v) is 39.7. The fourth-order valence-electron chi connectivity index (χ4n) is 9.29. The summed E-state index contributed by atoms with van der Waals surface area (Å²) in [6, 6.07) is 0. The molecule has 444 valence electrons. The van der Waals surface area contributed by atoms with Crippen LogP contribution in [0.3, 0.4) is 0 Å². The molecule has 0 amide bonds. The molecule has 7 aliphatic rings. The first kappa shape index (κ1) is 62.2. The van der Waals surface area contributed by atoms with Crippen LogP contribution >= 0.6 is 0 Å². The average Bonchev–Trinajstić information content (AvgIpc) is 3.40. The van der Waals surface area contributed by atoms with Gasteiger partial charge in [-0.2, -0.15) is 0 Å². The van der Waals surface area contributed by atoms with Gasteiger partial charge in [-0.1, -0.05) is 0 Å². The maximum absolute atomic E-state index is 11.5. The molecule has 35 nitrogen and oxygen atoms in total. The van der Waals surface area contributed by atoms with Crippen molar-refractivity contribution in [3.05, 3.63) is 0 Å². The maximum atomic E-state index is 11.5. The van der Waals surface area contributed by atoms with E-state index < -0.39 is 255 Å². The minimum atomic E-state index is -2.13. The Hall–Kier alpha value is -1.40. The predicted octanol–water partition coefficient (Wildman–Crippen LogP) is -15.6. The van der Waals surface area contributed by atoms with Gasteiger partial charge in [-0.3, -0.25) is 0 Å². The topological polar surface area (TPSA) is 565 Å². The molecule has 7 heterocycles. The largest absolute Gasteiger partial charge is 0.394 e. The number of ether oxygens (including phenoxy) is 13. The van der Waals surface area contributed by atoms with Gasteiger partial charge < -0.3 is 174 Å². The van der Waals surface area contributed by atoms with Crippen LogP contribution in [0.15, 0.2) is 0 Å². The molecular formula is C41H70O35. The predicted molar refractivity (Wildman–Crippen MR) is 226 cm³/mol. The zero-order chi connectivity index (χ0) is 55.8. The summed E-state index contributed by atoms with van der Waals surface area (Å²) in [7, 11) is 0. The van der Waals surface area contributed by atoms with Crippen molar-refractivity contribution in [1.82, 2.24) is 0 Å². The summed E-state index contributed by atoms with van der Waals surface area (Å²) in [5, 5.41) is 232. The van der Waals surface area contributed by atoms with Crippen LogP contribution in [0, 0.1) is 0 Å². The van der Waals surface area contributed by atoms with Crippen LogP contribution in [-0.2, 0) is 61.6 Å². The van der Waals surface area contributed by atoms with Crippen LogP contribution in [0.25, 0.3) is 0 Å². The Balaban J connectivity index is 1.05. The lowest BCUT2D eigenvalue weighted by Gasteiger charge is -2.47. The molecule has 0 aliphatic carbocycles. The number of aliphatic hydroxyl groups is 22. The maximum Gasteiger partial charge on any atom is 0.187 e. The van der Waals surface area contributed by atoms with E-state index in [0.29, 0.717) is 0 Å². The highest BCUT2D eigenvalue weighted by molar-refractivity contribution is 4.98. The van der Waals surface area contributed by atoms with Gasteiger partial charge in [0.15, 0.2) is 44.0 Å². The highest BCUT2D eigenvalue weighted by atomic mass is 16.8. The van der Waals surface area contributed by atoms with Crippen molar-refractivity contribution < 1.29 is 174 Å². The van der Waals surface area contributed by atoms with Crippen molar-refractivity contribution in [1.29, 1.82) is 0 Å². The number of hydrogen-bond donors (Lipinski definition) is 22. The summed E-state index contributed by atoms with van der Waals surface area (Å²) in [4.78, 5) is 0. The summed E-state index contributed by atoms with van der Waals surface area (Å²) < 4.78 is 72.1. The number of hydrogen-bond acceptors (Lipinski definition) is 35. The lowest BCUT2D eigenvalue weighted by atomic mass is 9.96. The van der Waals surface area contributed by atoms with E-state index in [4.69, 9.17) is 61.6 Å². The third kappa shape index (κ3) is 13.2. The van der Waals surface area contributed by atoms with E-state index in [1.54, 1.807) is 0 Å². The fraction of sp³-hybridized carbons (Fsp3) is 1.00. The average molecular weight is 1120 g/mol. The molecular weight excluding hydrogens is 1050 g/mol. The smallest absolute Gasteiger partial charge is 0.187 e. The first-order chi connectivity index (χ1) is 35.9. The molecule has 0 spiro atoms. The van der Waals surface area contributed by atoms with Crippen LogP contribution in [0.1, 0.15) is 0 Å². The molecule has 7 aliphatic heterocycles. The Morgan fingerprint density at radius 3 is 0.987 bits per heavy atom. The van der Waals surface area contributed by atoms with E-state index in [2.05, 4.69) is 0 Å². The van der Waals surface area contributed by atoms with E-state index in [0.717, 1.165) is 0 Å². The van der Waals surface area contributed by atoms with E-state index >= 15 is 0 Å². The van der Waals surface area contributed by atoms with Gasteiger partial charge in [0, 0.05) is 0 Å². The second-order valence-electron chi connectivity index (χ2n) is 19.3. The van der Waals surface area contributed by atoms with Crippen molar-refractivity contribution >= 4 is 0 Å². The summed E-state index contributed by atoms with van der Waals surface area (Å²) in [6.07, 6.45) is -64.6. The lowest BCUT2D eigenvalue weighted by Crippen LogP contribution is -2.66. The number of rotatable bonds is 18. The molecule has 34 atom stereocenters. The van der Waals surface area contributed by atoms with Crippen LogP contribution in [0.2, 0.25) is 0 Å². The summed E-state index contributed by atoms with van der Waals surface area (Å²) in [6.45, 7) is -5.74. The highest BCUT2D eigenvalue weighted by Crippen LogP contribution is 2.34. The zero-order valence-electron chi connectivity index (χ0n) is 39.7. The van der Waals surface area contributed by atoms with Crippen molar-refractivity contribution in [2.75, 3.05) is 46.2 Å². The van der Waals surface area contributed by atoms with Gasteiger partial charge in [0.25, 0.3) is 0 Å². The normalized spacial score (nSPS) is 53.6. The number of aliphatic hydroxyl groups excluding tert-OH is 22. The molecule has 1 unspecified atom stereocenters. The minimum Gasteiger partial charge on any atom is -0.394 e. The Labute approximate surface area is 428 Å². The third-order valence-electron chi connectivity index (χ3n) is 14.1.